The minimum atomic E-state index is -0.175. The highest BCUT2D eigenvalue weighted by atomic mass is 32.2. The summed E-state index contributed by atoms with van der Waals surface area (Å²) in [5, 5.41) is 2.54. The molecule has 3 N–H and O–H groups in total. The van der Waals surface area contributed by atoms with Crippen LogP contribution in [0.4, 0.5) is 5.69 Å². The Morgan fingerprint density at radius 1 is 1.64 bits per heavy atom. The van der Waals surface area contributed by atoms with Crippen molar-refractivity contribution in [3.63, 3.8) is 0 Å². The molecule has 0 aliphatic heterocycles. The quantitative estimate of drug-likeness (QED) is 0.774. The molecule has 78 valence electrons. The summed E-state index contributed by atoms with van der Waals surface area (Å²) in [7, 11) is 3.12. The summed E-state index contributed by atoms with van der Waals surface area (Å²) < 4.78 is 6.05. The van der Waals surface area contributed by atoms with Gasteiger partial charge in [-0.3, -0.25) is 4.79 Å². The molecule has 6 heteroatoms. The van der Waals surface area contributed by atoms with Gasteiger partial charge in [0.1, 0.15) is 9.09 Å². The molecule has 0 fully saturated rings. The average Bonchev–Trinajstić information content (AvgIpc) is 2.53. The molecule has 0 atom stereocenters. The number of anilines is 1. The van der Waals surface area contributed by atoms with E-state index in [0.29, 0.717) is 16.3 Å². The lowest BCUT2D eigenvalue weighted by Gasteiger charge is -2.00. The number of thioether (sulfide) groups is 1. The molecule has 1 aromatic rings. The predicted molar refractivity (Wildman–Crippen MR) is 60.5 cm³/mol. The van der Waals surface area contributed by atoms with Gasteiger partial charge in [-0.2, -0.15) is 0 Å². The van der Waals surface area contributed by atoms with Gasteiger partial charge in [0.2, 0.25) is 0 Å². The largest absolute Gasteiger partial charge is 0.492 e. The van der Waals surface area contributed by atoms with Gasteiger partial charge in [-0.25, -0.2) is 0 Å². The molecule has 0 aliphatic carbocycles. The Bertz CT molecular complexity index is 349. The fraction of sp³-hybridized carbons (Fsp3) is 0.375. The highest BCUT2D eigenvalue weighted by Crippen LogP contribution is 2.43. The van der Waals surface area contributed by atoms with Crippen LogP contribution in [0.3, 0.4) is 0 Å². The summed E-state index contributed by atoms with van der Waals surface area (Å²) in [5.74, 6) is 0.423. The third-order valence-electron chi connectivity index (χ3n) is 1.69. The van der Waals surface area contributed by atoms with E-state index in [9.17, 15) is 4.79 Å². The molecule has 1 rings (SSSR count). The molecule has 1 amide bonds. The number of carbonyl (C=O) groups is 1. The molecule has 0 bridgehead atoms. The summed E-state index contributed by atoms with van der Waals surface area (Å²) in [6, 6.07) is 0. The van der Waals surface area contributed by atoms with Crippen LogP contribution in [-0.2, 0) is 0 Å². The van der Waals surface area contributed by atoms with Crippen LogP contribution in [0.25, 0.3) is 0 Å². The predicted octanol–water partition coefficient (Wildman–Crippen LogP) is 1.42. The van der Waals surface area contributed by atoms with Gasteiger partial charge in [0.25, 0.3) is 5.91 Å². The normalized spacial score (nSPS) is 9.93. The number of nitrogens with two attached hydrogens (primary N) is 1. The van der Waals surface area contributed by atoms with Gasteiger partial charge in [0, 0.05) is 7.05 Å². The minimum Gasteiger partial charge on any atom is -0.492 e. The van der Waals surface area contributed by atoms with Crippen molar-refractivity contribution in [3.8, 4) is 5.75 Å². The maximum absolute atomic E-state index is 11.4. The number of nitrogens with one attached hydrogen (secondary N) is 1. The molecule has 0 saturated carbocycles. The molecule has 0 spiro atoms. The Kier molecular flexibility index (Phi) is 3.65. The SMILES string of the molecule is CNC(=O)c1sc(SC)c(OC)c1N. The topological polar surface area (TPSA) is 64.3 Å². The molecule has 0 unspecified atom stereocenters. The minimum absolute atomic E-state index is 0.175. The second-order valence-corrected chi connectivity index (χ2v) is 4.54. The summed E-state index contributed by atoms with van der Waals surface area (Å²) >= 11 is 2.86. The Labute approximate surface area is 90.8 Å². The zero-order valence-electron chi connectivity index (χ0n) is 8.21. The van der Waals surface area contributed by atoms with E-state index in [1.165, 1.54) is 23.1 Å². The number of nitrogen functional groups attached to an aromatic ring is 1. The highest BCUT2D eigenvalue weighted by Gasteiger charge is 2.20. The van der Waals surface area contributed by atoms with Crippen LogP contribution in [0.2, 0.25) is 0 Å². The van der Waals surface area contributed by atoms with Gasteiger partial charge < -0.3 is 15.8 Å². The zero-order chi connectivity index (χ0) is 10.7. The zero-order valence-corrected chi connectivity index (χ0v) is 9.84. The molecule has 0 aromatic carbocycles. The first kappa shape index (κ1) is 11.2. The molecule has 1 heterocycles. The molecule has 1 aromatic heterocycles. The van der Waals surface area contributed by atoms with Crippen LogP contribution in [0.15, 0.2) is 4.21 Å². The van der Waals surface area contributed by atoms with Gasteiger partial charge in [0.15, 0.2) is 5.75 Å². The molecule has 0 radical (unpaired) electrons. The van der Waals surface area contributed by atoms with E-state index >= 15 is 0 Å². The maximum atomic E-state index is 11.4. The number of thiophene rings is 1. The van der Waals surface area contributed by atoms with E-state index in [0.717, 1.165) is 4.21 Å². The maximum Gasteiger partial charge on any atom is 0.263 e. The second kappa shape index (κ2) is 4.56. The van der Waals surface area contributed by atoms with E-state index in [-0.39, 0.29) is 5.91 Å². The second-order valence-electron chi connectivity index (χ2n) is 2.45. The Morgan fingerprint density at radius 3 is 2.64 bits per heavy atom. The molecule has 0 saturated heterocycles. The van der Waals surface area contributed by atoms with Gasteiger partial charge in [-0.15, -0.1) is 23.1 Å². The van der Waals surface area contributed by atoms with Crippen LogP contribution in [0.5, 0.6) is 5.75 Å². The van der Waals surface area contributed by atoms with Crippen molar-refractivity contribution in [2.24, 2.45) is 0 Å². The monoisotopic (exact) mass is 232 g/mol. The Balaban J connectivity index is 3.20. The van der Waals surface area contributed by atoms with Crippen LogP contribution in [0, 0.1) is 0 Å². The fourth-order valence-electron chi connectivity index (χ4n) is 1.02. The van der Waals surface area contributed by atoms with Crippen molar-refractivity contribution >= 4 is 34.7 Å². The standard InChI is InChI=1S/C8H12N2O2S2/c1-10-7(11)6-4(9)5(12-2)8(13-3)14-6/h9H2,1-3H3,(H,10,11). The summed E-state index contributed by atoms with van der Waals surface area (Å²) in [6.45, 7) is 0. The lowest BCUT2D eigenvalue weighted by molar-refractivity contribution is 0.0967. The third-order valence-corrected chi connectivity index (χ3v) is 3.98. The van der Waals surface area contributed by atoms with E-state index in [4.69, 9.17) is 10.5 Å². The van der Waals surface area contributed by atoms with E-state index < -0.39 is 0 Å². The van der Waals surface area contributed by atoms with E-state index in [2.05, 4.69) is 5.32 Å². The highest BCUT2D eigenvalue weighted by molar-refractivity contribution is 8.00. The Hall–Kier alpha value is -0.880. The van der Waals surface area contributed by atoms with Gasteiger partial charge in [-0.1, -0.05) is 0 Å². The van der Waals surface area contributed by atoms with Crippen molar-refractivity contribution in [2.75, 3.05) is 26.1 Å². The van der Waals surface area contributed by atoms with Crippen LogP contribution in [0.1, 0.15) is 9.67 Å². The first-order valence-corrected chi connectivity index (χ1v) is 5.92. The van der Waals surface area contributed by atoms with Gasteiger partial charge >= 0.3 is 0 Å². The average molecular weight is 232 g/mol. The third kappa shape index (κ3) is 1.80. The van der Waals surface area contributed by atoms with Crippen molar-refractivity contribution in [2.45, 2.75) is 4.21 Å². The molecule has 0 aliphatic rings. The van der Waals surface area contributed by atoms with Crippen molar-refractivity contribution in [3.05, 3.63) is 4.88 Å². The van der Waals surface area contributed by atoms with Crippen molar-refractivity contribution < 1.29 is 9.53 Å². The molecular formula is C8H12N2O2S2. The van der Waals surface area contributed by atoms with Crippen LogP contribution in [-0.4, -0.2) is 26.3 Å². The number of rotatable bonds is 3. The first-order chi connectivity index (χ1) is 6.65. The molecule has 14 heavy (non-hydrogen) atoms. The Morgan fingerprint density at radius 2 is 2.29 bits per heavy atom. The number of ether oxygens (including phenoxy) is 1. The lowest BCUT2D eigenvalue weighted by Crippen LogP contribution is -2.17. The van der Waals surface area contributed by atoms with Gasteiger partial charge in [-0.05, 0) is 6.26 Å². The fourth-order valence-corrected chi connectivity index (χ4v) is 2.85. The van der Waals surface area contributed by atoms with Crippen molar-refractivity contribution in [1.29, 1.82) is 0 Å². The molecule has 4 nitrogen and oxygen atoms in total. The number of hydrogen-bond donors (Lipinski definition) is 2. The smallest absolute Gasteiger partial charge is 0.263 e. The van der Waals surface area contributed by atoms with Crippen LogP contribution >= 0.6 is 23.1 Å². The van der Waals surface area contributed by atoms with Crippen molar-refractivity contribution in [1.82, 2.24) is 5.32 Å². The lowest BCUT2D eigenvalue weighted by atomic mass is 10.3. The van der Waals surface area contributed by atoms with E-state index in [1.807, 2.05) is 6.26 Å². The number of amides is 1. The van der Waals surface area contributed by atoms with E-state index in [1.54, 1.807) is 14.2 Å². The molecular weight excluding hydrogens is 220 g/mol. The number of carbonyl (C=O) groups excluding carboxylic acids is 1. The first-order valence-electron chi connectivity index (χ1n) is 3.88. The number of hydrogen-bond acceptors (Lipinski definition) is 5. The van der Waals surface area contributed by atoms with Crippen LogP contribution < -0.4 is 15.8 Å². The summed E-state index contributed by atoms with van der Waals surface area (Å²) in [6.07, 6.45) is 1.92. The van der Waals surface area contributed by atoms with Gasteiger partial charge in [0.05, 0.1) is 12.8 Å². The number of methoxy groups -OCH3 is 1. The summed E-state index contributed by atoms with van der Waals surface area (Å²) in [5.41, 5.74) is 6.20. The summed E-state index contributed by atoms with van der Waals surface area (Å²) in [4.78, 5) is 11.9.